The van der Waals surface area contributed by atoms with Gasteiger partial charge >= 0.3 is 16.5 Å². The number of aromatic nitrogens is 3. The van der Waals surface area contributed by atoms with Crippen LogP contribution in [0.1, 0.15) is 29.1 Å². The lowest BCUT2D eigenvalue weighted by Gasteiger charge is -2.18. The molecule has 1 aliphatic rings. The van der Waals surface area contributed by atoms with Crippen molar-refractivity contribution in [2.45, 2.75) is 43.9 Å². The quantitative estimate of drug-likeness (QED) is 0.355. The zero-order valence-corrected chi connectivity index (χ0v) is 19.4. The second kappa shape index (κ2) is 10.2. The normalized spacial score (nSPS) is 22.7. The average Bonchev–Trinajstić information content (AvgIpc) is 3.50. The van der Waals surface area contributed by atoms with Gasteiger partial charge in [0.25, 0.3) is 0 Å². The summed E-state index contributed by atoms with van der Waals surface area (Å²) in [5.74, 6) is -1.39. The van der Waals surface area contributed by atoms with Gasteiger partial charge < -0.3 is 19.4 Å². The molecule has 0 aromatic carbocycles. The number of halogens is 4. The summed E-state index contributed by atoms with van der Waals surface area (Å²) in [5.41, 5.74) is 1.40. The molecular weight excluding hydrogens is 510 g/mol. The lowest BCUT2D eigenvalue weighted by Crippen LogP contribution is -2.33. The van der Waals surface area contributed by atoms with Crippen LogP contribution in [0.4, 0.5) is 23.4 Å². The van der Waals surface area contributed by atoms with Crippen LogP contribution < -0.4 is 10.5 Å². The Hall–Kier alpha value is -3.01. The molecule has 0 amide bonds. The lowest BCUT2D eigenvalue weighted by molar-refractivity contribution is -0.153. The van der Waals surface area contributed by atoms with E-state index in [1.165, 1.54) is 18.6 Å². The summed E-state index contributed by atoms with van der Waals surface area (Å²) in [7, 11) is -4.23. The van der Waals surface area contributed by atoms with Gasteiger partial charge in [-0.15, -0.1) is 0 Å². The van der Waals surface area contributed by atoms with Gasteiger partial charge in [-0.05, 0) is 30.2 Å². The van der Waals surface area contributed by atoms with Crippen molar-refractivity contribution in [2.75, 3.05) is 11.9 Å². The number of anilines is 1. The molecule has 10 nitrogen and oxygen atoms in total. The summed E-state index contributed by atoms with van der Waals surface area (Å²) < 4.78 is 85.9. The smallest absolute Gasteiger partial charge is 0.449 e. The molecular formula is C21H23F4N5O5S. The van der Waals surface area contributed by atoms with Crippen LogP contribution in [0.15, 0.2) is 47.5 Å². The fourth-order valence-electron chi connectivity index (χ4n) is 4.08. The minimum Gasteiger partial charge on any atom is -0.455 e. The Bertz CT molecular complexity index is 1300. The molecule has 1 aliphatic carbocycles. The molecule has 1 fully saturated rings. The Morgan fingerprint density at radius 2 is 2.08 bits per heavy atom. The maximum atomic E-state index is 14.7. The fraction of sp³-hybridized carbons (Fsp3) is 0.429. The van der Waals surface area contributed by atoms with Gasteiger partial charge in [0.2, 0.25) is 5.76 Å². The van der Waals surface area contributed by atoms with Crippen molar-refractivity contribution in [1.82, 2.24) is 14.5 Å². The first-order chi connectivity index (χ1) is 16.9. The average molecular weight is 534 g/mol. The Morgan fingerprint density at radius 3 is 2.78 bits per heavy atom. The van der Waals surface area contributed by atoms with Crippen molar-refractivity contribution in [2.24, 2.45) is 11.1 Å². The van der Waals surface area contributed by atoms with Gasteiger partial charge in [0.15, 0.2) is 0 Å². The number of nitrogens with zero attached hydrogens (tertiary/aromatic N) is 3. The van der Waals surface area contributed by atoms with Crippen LogP contribution in [-0.4, -0.2) is 53.0 Å². The van der Waals surface area contributed by atoms with Crippen LogP contribution in [-0.2, 0) is 33.6 Å². The molecule has 0 bridgehead atoms. The Labute approximate surface area is 203 Å². The molecule has 1 saturated carbocycles. The molecule has 4 rings (SSSR count). The molecule has 0 saturated heterocycles. The minimum atomic E-state index is -4.56. The zero-order chi connectivity index (χ0) is 26.1. The number of furan rings is 1. The summed E-state index contributed by atoms with van der Waals surface area (Å²) >= 11 is 0. The third-order valence-corrected chi connectivity index (χ3v) is 6.26. The highest BCUT2D eigenvalue weighted by molar-refractivity contribution is 7.84. The molecule has 3 aromatic rings. The maximum absolute atomic E-state index is 14.7. The van der Waals surface area contributed by atoms with Gasteiger partial charge in [0, 0.05) is 36.5 Å². The van der Waals surface area contributed by atoms with Crippen LogP contribution in [0.5, 0.6) is 0 Å². The number of alkyl halides is 4. The van der Waals surface area contributed by atoms with E-state index in [-0.39, 0.29) is 18.7 Å². The van der Waals surface area contributed by atoms with E-state index in [0.717, 1.165) is 11.6 Å². The highest BCUT2D eigenvalue weighted by Gasteiger charge is 2.43. The Kier molecular flexibility index (Phi) is 7.36. The van der Waals surface area contributed by atoms with E-state index >= 15 is 0 Å². The summed E-state index contributed by atoms with van der Waals surface area (Å²) in [5, 5.41) is 17.9. The van der Waals surface area contributed by atoms with Crippen molar-refractivity contribution in [3.8, 4) is 0 Å². The van der Waals surface area contributed by atoms with E-state index in [2.05, 4.69) is 19.5 Å². The van der Waals surface area contributed by atoms with Crippen LogP contribution in [0, 0.1) is 5.92 Å². The summed E-state index contributed by atoms with van der Waals surface area (Å²) in [6, 6.07) is 3.04. The van der Waals surface area contributed by atoms with Crippen LogP contribution in [0.25, 0.3) is 0 Å². The van der Waals surface area contributed by atoms with Crippen molar-refractivity contribution < 1.29 is 39.7 Å². The molecule has 196 valence electrons. The van der Waals surface area contributed by atoms with Crippen LogP contribution in [0.2, 0.25) is 0 Å². The summed E-state index contributed by atoms with van der Waals surface area (Å²) in [6.07, 6.45) is -1.11. The van der Waals surface area contributed by atoms with Crippen molar-refractivity contribution in [3.63, 3.8) is 0 Å². The van der Waals surface area contributed by atoms with Gasteiger partial charge in [0.05, 0.1) is 25.3 Å². The molecule has 3 heterocycles. The SMILES string of the molecule is NS(=O)(=O)OC[C@H]1C[C@@H](Nc2ncncc2Cc2ccn(Cc3ccc(C(F)(F)F)o3)c2)[C@@H](F)[C@@H]1O. The molecule has 0 aliphatic heterocycles. The van der Waals surface area contributed by atoms with Gasteiger partial charge in [-0.3, -0.25) is 4.18 Å². The van der Waals surface area contributed by atoms with Crippen molar-refractivity contribution >= 4 is 16.1 Å². The maximum Gasteiger partial charge on any atom is 0.449 e. The Morgan fingerprint density at radius 1 is 1.31 bits per heavy atom. The van der Waals surface area contributed by atoms with Gasteiger partial charge in [-0.25, -0.2) is 19.5 Å². The molecule has 36 heavy (non-hydrogen) atoms. The van der Waals surface area contributed by atoms with E-state index in [9.17, 15) is 31.1 Å². The molecule has 0 unspecified atom stereocenters. The summed E-state index contributed by atoms with van der Waals surface area (Å²) in [6.45, 7) is -0.360. The predicted octanol–water partition coefficient (Wildman–Crippen LogP) is 2.25. The van der Waals surface area contributed by atoms with Crippen molar-refractivity contribution in [3.05, 3.63) is 65.8 Å². The standard InChI is InChI=1S/C21H23F4N5O5S/c22-18-16(6-14(19(18)31)10-34-36(26,32)33)29-20-13(7-27-11-28-20)5-12-3-4-30(8-12)9-15-1-2-17(35-15)21(23,24)25/h1-4,7-8,11,14,16,18-19,31H,5-6,9-10H2,(H2,26,32,33)(H,27,28,29)/t14-,16-,18-,19-/m1/s1. The van der Waals surface area contributed by atoms with E-state index in [1.54, 1.807) is 23.0 Å². The molecule has 15 heteroatoms. The topological polar surface area (TPSA) is 146 Å². The first-order valence-corrected chi connectivity index (χ1v) is 12.2. The van der Waals surface area contributed by atoms with Gasteiger partial charge in [-0.2, -0.15) is 21.6 Å². The number of hydrogen-bond acceptors (Lipinski definition) is 8. The van der Waals surface area contributed by atoms with E-state index in [4.69, 9.17) is 9.56 Å². The largest absolute Gasteiger partial charge is 0.455 e. The molecule has 3 aromatic heterocycles. The minimum absolute atomic E-state index is 0.0702. The molecule has 4 atom stereocenters. The van der Waals surface area contributed by atoms with Crippen LogP contribution >= 0.6 is 0 Å². The van der Waals surface area contributed by atoms with Gasteiger partial charge in [-0.1, -0.05) is 0 Å². The first kappa shape index (κ1) is 26.1. The molecule has 4 N–H and O–H groups in total. The lowest BCUT2D eigenvalue weighted by atomic mass is 10.1. The second-order valence-corrected chi connectivity index (χ2v) is 9.71. The molecule has 0 spiro atoms. The van der Waals surface area contributed by atoms with E-state index in [1.807, 2.05) is 0 Å². The van der Waals surface area contributed by atoms with Crippen LogP contribution in [0.3, 0.4) is 0 Å². The number of nitrogens with two attached hydrogens (primary N) is 1. The zero-order valence-electron chi connectivity index (χ0n) is 18.6. The number of aliphatic hydroxyl groups is 1. The molecule has 0 radical (unpaired) electrons. The fourth-order valence-corrected chi connectivity index (χ4v) is 4.45. The number of nitrogens with one attached hydrogen (secondary N) is 1. The van der Waals surface area contributed by atoms with E-state index in [0.29, 0.717) is 17.8 Å². The third kappa shape index (κ3) is 6.40. The number of rotatable bonds is 9. The van der Waals surface area contributed by atoms with Crippen molar-refractivity contribution in [1.29, 1.82) is 0 Å². The highest BCUT2D eigenvalue weighted by atomic mass is 32.2. The number of aliphatic hydroxyl groups excluding tert-OH is 1. The Balaban J connectivity index is 1.41. The summed E-state index contributed by atoms with van der Waals surface area (Å²) in [4.78, 5) is 8.16. The predicted molar refractivity (Wildman–Crippen MR) is 118 cm³/mol. The highest BCUT2D eigenvalue weighted by Crippen LogP contribution is 2.33. The van der Waals surface area contributed by atoms with Gasteiger partial charge in [0.1, 0.15) is 24.1 Å². The third-order valence-electron chi connectivity index (χ3n) is 5.79. The monoisotopic (exact) mass is 533 g/mol. The van der Waals surface area contributed by atoms with E-state index < -0.39 is 53.1 Å². The first-order valence-electron chi connectivity index (χ1n) is 10.7. The second-order valence-electron chi connectivity index (χ2n) is 8.49. The number of hydrogen-bond donors (Lipinski definition) is 3.